The first-order valence-corrected chi connectivity index (χ1v) is 8.85. The molecule has 0 aliphatic rings. The molecule has 0 saturated heterocycles. The van der Waals surface area contributed by atoms with Crippen LogP contribution < -0.4 is 5.32 Å². The number of rotatable bonds is 4. The van der Waals surface area contributed by atoms with Crippen molar-refractivity contribution in [1.82, 2.24) is 4.98 Å². The summed E-state index contributed by atoms with van der Waals surface area (Å²) in [4.78, 5) is 17.6. The Morgan fingerprint density at radius 1 is 1.27 bits per heavy atom. The molecule has 1 heterocycles. The number of carbonyl (C=O) groups is 1. The molecule has 1 N–H and O–H groups in total. The van der Waals surface area contributed by atoms with E-state index in [1.54, 1.807) is 0 Å². The van der Waals surface area contributed by atoms with Crippen molar-refractivity contribution in [1.29, 1.82) is 0 Å². The number of fused-ring (bicyclic) bond motifs is 1. The summed E-state index contributed by atoms with van der Waals surface area (Å²) in [6, 6.07) is 13.6. The highest BCUT2D eigenvalue weighted by Crippen LogP contribution is 2.31. The first kappa shape index (κ1) is 15.3. The largest absolute Gasteiger partial charge is 0.301 e. The summed E-state index contributed by atoms with van der Waals surface area (Å²) in [6.45, 7) is 1.93. The van der Waals surface area contributed by atoms with E-state index in [1.165, 1.54) is 23.1 Å². The van der Waals surface area contributed by atoms with Crippen molar-refractivity contribution in [3.05, 3.63) is 53.1 Å². The summed E-state index contributed by atoms with van der Waals surface area (Å²) < 4.78 is 1.02. The SMILES string of the molecule is Cc1c(Cl)ccc2sc(NC(=O)CSc3ccccc3)nc12. The zero-order chi connectivity index (χ0) is 15.5. The second-order valence-electron chi connectivity index (χ2n) is 4.69. The molecule has 0 atom stereocenters. The van der Waals surface area contributed by atoms with Gasteiger partial charge in [0.05, 0.1) is 16.0 Å². The third kappa shape index (κ3) is 3.43. The number of aryl methyl sites for hydroxylation is 1. The van der Waals surface area contributed by atoms with Crippen molar-refractivity contribution in [2.24, 2.45) is 0 Å². The Bertz CT molecular complexity index is 818. The van der Waals surface area contributed by atoms with Crippen LogP contribution in [0.3, 0.4) is 0 Å². The second-order valence-corrected chi connectivity index (χ2v) is 7.17. The molecule has 2 aromatic carbocycles. The second kappa shape index (κ2) is 6.69. The molecule has 112 valence electrons. The average Bonchev–Trinajstić information content (AvgIpc) is 2.93. The molecule has 3 nitrogen and oxygen atoms in total. The number of nitrogens with one attached hydrogen (secondary N) is 1. The number of benzene rings is 2. The van der Waals surface area contributed by atoms with Crippen molar-refractivity contribution in [2.45, 2.75) is 11.8 Å². The predicted molar refractivity (Wildman–Crippen MR) is 95.2 cm³/mol. The maximum absolute atomic E-state index is 12.0. The molecule has 1 amide bonds. The number of halogens is 1. The van der Waals surface area contributed by atoms with Crippen molar-refractivity contribution >= 4 is 56.0 Å². The molecule has 0 bridgehead atoms. The third-order valence-electron chi connectivity index (χ3n) is 3.11. The van der Waals surface area contributed by atoms with Gasteiger partial charge in [0.25, 0.3) is 0 Å². The Labute approximate surface area is 141 Å². The highest BCUT2D eigenvalue weighted by atomic mass is 35.5. The van der Waals surface area contributed by atoms with Gasteiger partial charge in [0, 0.05) is 9.92 Å². The van der Waals surface area contributed by atoms with Gasteiger partial charge in [0.15, 0.2) is 5.13 Å². The lowest BCUT2D eigenvalue weighted by molar-refractivity contribution is -0.113. The zero-order valence-electron chi connectivity index (χ0n) is 11.8. The van der Waals surface area contributed by atoms with Crippen LogP contribution in [0.15, 0.2) is 47.4 Å². The summed E-state index contributed by atoms with van der Waals surface area (Å²) >= 11 is 9.06. The van der Waals surface area contributed by atoms with Crippen LogP contribution in [-0.4, -0.2) is 16.6 Å². The van der Waals surface area contributed by atoms with Crippen LogP contribution in [0.2, 0.25) is 5.02 Å². The fourth-order valence-electron chi connectivity index (χ4n) is 1.97. The molecule has 0 saturated carbocycles. The number of hydrogen-bond donors (Lipinski definition) is 1. The monoisotopic (exact) mass is 348 g/mol. The van der Waals surface area contributed by atoms with Gasteiger partial charge in [-0.3, -0.25) is 4.79 Å². The smallest absolute Gasteiger partial charge is 0.236 e. The Balaban J connectivity index is 1.68. The number of aromatic nitrogens is 1. The molecule has 1 aromatic heterocycles. The van der Waals surface area contributed by atoms with Crippen LogP contribution in [0.25, 0.3) is 10.2 Å². The number of amides is 1. The van der Waals surface area contributed by atoms with Crippen molar-refractivity contribution in [3.8, 4) is 0 Å². The number of nitrogens with zero attached hydrogens (tertiary/aromatic N) is 1. The molecule has 6 heteroatoms. The molecule has 0 radical (unpaired) electrons. The quantitative estimate of drug-likeness (QED) is 0.675. The molecule has 3 rings (SSSR count). The topological polar surface area (TPSA) is 42.0 Å². The van der Waals surface area contributed by atoms with Crippen LogP contribution in [0.4, 0.5) is 5.13 Å². The molecule has 0 fully saturated rings. The van der Waals surface area contributed by atoms with Crippen LogP contribution in [0, 0.1) is 6.92 Å². The van der Waals surface area contributed by atoms with E-state index in [9.17, 15) is 4.79 Å². The van der Waals surface area contributed by atoms with E-state index in [4.69, 9.17) is 11.6 Å². The lowest BCUT2D eigenvalue weighted by Crippen LogP contribution is -2.13. The first-order chi connectivity index (χ1) is 10.6. The third-order valence-corrected chi connectivity index (χ3v) is 5.46. The summed E-state index contributed by atoms with van der Waals surface area (Å²) in [7, 11) is 0. The van der Waals surface area contributed by atoms with Crippen molar-refractivity contribution in [2.75, 3.05) is 11.1 Å². The van der Waals surface area contributed by atoms with E-state index in [0.717, 1.165) is 20.7 Å². The summed E-state index contributed by atoms with van der Waals surface area (Å²) in [6.07, 6.45) is 0. The van der Waals surface area contributed by atoms with Gasteiger partial charge in [-0.1, -0.05) is 41.1 Å². The number of thiazole rings is 1. The Morgan fingerprint density at radius 3 is 2.82 bits per heavy atom. The van der Waals surface area contributed by atoms with Gasteiger partial charge < -0.3 is 5.32 Å². The Morgan fingerprint density at radius 2 is 2.05 bits per heavy atom. The van der Waals surface area contributed by atoms with Crippen LogP contribution in [0.1, 0.15) is 5.56 Å². The number of carbonyl (C=O) groups excluding carboxylic acids is 1. The van der Waals surface area contributed by atoms with Gasteiger partial charge in [-0.05, 0) is 36.8 Å². The van der Waals surface area contributed by atoms with Crippen molar-refractivity contribution < 1.29 is 4.79 Å². The van der Waals surface area contributed by atoms with Crippen LogP contribution >= 0.6 is 34.7 Å². The summed E-state index contributed by atoms with van der Waals surface area (Å²) in [5.74, 6) is 0.302. The minimum Gasteiger partial charge on any atom is -0.301 e. The standard InChI is InChI=1S/C16H13ClN2OS2/c1-10-12(17)7-8-13-15(10)19-16(22-13)18-14(20)9-21-11-5-3-2-4-6-11/h2-8H,9H2,1H3,(H,18,19,20). The van der Waals surface area contributed by atoms with E-state index in [1.807, 2.05) is 49.4 Å². The highest BCUT2D eigenvalue weighted by Gasteiger charge is 2.11. The summed E-state index contributed by atoms with van der Waals surface area (Å²) in [5.41, 5.74) is 1.79. The minimum absolute atomic E-state index is 0.0586. The fraction of sp³-hybridized carbons (Fsp3) is 0.125. The van der Waals surface area contributed by atoms with Gasteiger partial charge in [0.2, 0.25) is 5.91 Å². The van der Waals surface area contributed by atoms with Crippen LogP contribution in [0.5, 0.6) is 0 Å². The van der Waals surface area contributed by atoms with Gasteiger partial charge in [-0.15, -0.1) is 11.8 Å². The zero-order valence-corrected chi connectivity index (χ0v) is 14.2. The Kier molecular flexibility index (Phi) is 4.66. The van der Waals surface area contributed by atoms with Crippen LogP contribution in [-0.2, 0) is 4.79 Å². The molecular formula is C16H13ClN2OS2. The number of thioether (sulfide) groups is 1. The normalized spacial score (nSPS) is 10.8. The molecule has 0 aliphatic heterocycles. The van der Waals surface area contributed by atoms with E-state index in [-0.39, 0.29) is 5.91 Å². The molecule has 3 aromatic rings. The van der Waals surface area contributed by atoms with E-state index in [0.29, 0.717) is 15.9 Å². The fourth-order valence-corrected chi connectivity index (χ4v) is 3.79. The van der Waals surface area contributed by atoms with Gasteiger partial charge in [-0.25, -0.2) is 4.98 Å². The van der Waals surface area contributed by atoms with Crippen molar-refractivity contribution in [3.63, 3.8) is 0 Å². The van der Waals surface area contributed by atoms with Gasteiger partial charge in [-0.2, -0.15) is 0 Å². The highest BCUT2D eigenvalue weighted by molar-refractivity contribution is 8.00. The van der Waals surface area contributed by atoms with Gasteiger partial charge in [0.1, 0.15) is 0 Å². The van der Waals surface area contributed by atoms with Gasteiger partial charge >= 0.3 is 0 Å². The lowest BCUT2D eigenvalue weighted by Gasteiger charge is -2.01. The Hall–Kier alpha value is -1.56. The lowest BCUT2D eigenvalue weighted by atomic mass is 10.2. The molecule has 0 aliphatic carbocycles. The number of hydrogen-bond acceptors (Lipinski definition) is 4. The first-order valence-electron chi connectivity index (χ1n) is 6.67. The number of anilines is 1. The molecule has 22 heavy (non-hydrogen) atoms. The van der Waals surface area contributed by atoms with E-state index in [2.05, 4.69) is 10.3 Å². The maximum atomic E-state index is 12.0. The molecule has 0 spiro atoms. The minimum atomic E-state index is -0.0586. The van der Waals surface area contributed by atoms with E-state index < -0.39 is 0 Å². The van der Waals surface area contributed by atoms with E-state index >= 15 is 0 Å². The average molecular weight is 349 g/mol. The predicted octanol–water partition coefficient (Wildman–Crippen LogP) is 4.99. The molecule has 0 unspecified atom stereocenters. The maximum Gasteiger partial charge on any atom is 0.236 e. The summed E-state index contributed by atoms with van der Waals surface area (Å²) in [5, 5.41) is 4.15. The molecular weight excluding hydrogens is 336 g/mol.